The first kappa shape index (κ1) is 31.3. The number of esters is 3. The number of rotatable bonds is 13. The van der Waals surface area contributed by atoms with E-state index in [4.69, 9.17) is 18.6 Å². The number of hydrogen-bond acceptors (Lipinski definition) is 7. The Morgan fingerprint density at radius 3 is 1.86 bits per heavy atom. The van der Waals surface area contributed by atoms with Gasteiger partial charge in [-0.15, -0.1) is 6.58 Å². The van der Waals surface area contributed by atoms with Crippen molar-refractivity contribution < 1.29 is 33.0 Å². The minimum Gasteiger partial charge on any atom is -0.468 e. The number of methoxy groups -OCH3 is 3. The van der Waals surface area contributed by atoms with Gasteiger partial charge in [0.05, 0.1) is 26.9 Å². The molecule has 0 bridgehead atoms. The molecule has 0 heterocycles. The summed E-state index contributed by atoms with van der Waals surface area (Å²) in [4.78, 5) is 38.3. The van der Waals surface area contributed by atoms with Crippen molar-refractivity contribution in [2.75, 3.05) is 26.7 Å². The van der Waals surface area contributed by atoms with Gasteiger partial charge in [0.2, 0.25) is 0 Å². The van der Waals surface area contributed by atoms with Gasteiger partial charge in [-0.3, -0.25) is 14.4 Å². The molecule has 1 aliphatic carbocycles. The number of allylic oxidation sites excluding steroid dienone is 4. The second kappa shape index (κ2) is 12.0. The van der Waals surface area contributed by atoms with Crippen molar-refractivity contribution in [3.63, 3.8) is 0 Å². The Balaban J connectivity index is 3.26. The molecule has 0 aromatic heterocycles. The minimum absolute atomic E-state index is 0.0490. The molecule has 1 fully saturated rings. The molecule has 1 aliphatic rings. The van der Waals surface area contributed by atoms with Crippen molar-refractivity contribution in [1.82, 2.24) is 0 Å². The molecule has 2 atom stereocenters. The van der Waals surface area contributed by atoms with Crippen LogP contribution in [-0.2, 0) is 33.0 Å². The third kappa shape index (κ3) is 6.35. The van der Waals surface area contributed by atoms with Crippen LogP contribution >= 0.6 is 15.9 Å². The molecule has 0 aromatic carbocycles. The third-order valence-corrected chi connectivity index (χ3v) is 12.2. The molecule has 1 saturated carbocycles. The maximum atomic E-state index is 13.0. The molecule has 2 unspecified atom stereocenters. The normalized spacial score (nSPS) is 22.8. The highest BCUT2D eigenvalue weighted by Crippen LogP contribution is 2.65. The van der Waals surface area contributed by atoms with Gasteiger partial charge in [0.25, 0.3) is 0 Å². The Kier molecular flexibility index (Phi) is 10.8. The second-order valence-corrected chi connectivity index (χ2v) is 15.9. The van der Waals surface area contributed by atoms with Crippen molar-refractivity contribution in [3.8, 4) is 0 Å². The summed E-state index contributed by atoms with van der Waals surface area (Å²) < 4.78 is 21.8. The predicted octanol–water partition coefficient (Wildman–Crippen LogP) is 5.51. The average molecular weight is 574 g/mol. The summed E-state index contributed by atoms with van der Waals surface area (Å²) in [5, 5.41) is 0.535. The van der Waals surface area contributed by atoms with Crippen LogP contribution in [0.1, 0.15) is 46.5 Å². The van der Waals surface area contributed by atoms with Gasteiger partial charge in [0, 0.05) is 5.33 Å². The van der Waals surface area contributed by atoms with E-state index in [9.17, 15) is 14.4 Å². The predicted molar refractivity (Wildman–Crippen MR) is 143 cm³/mol. The molecule has 7 nitrogen and oxygen atoms in total. The van der Waals surface area contributed by atoms with Crippen LogP contribution in [0.2, 0.25) is 18.1 Å². The lowest BCUT2D eigenvalue weighted by atomic mass is 9.80. The van der Waals surface area contributed by atoms with Gasteiger partial charge in [0.1, 0.15) is 5.41 Å². The standard InChI is InChI=1S/C26H41BrO7Si/c1-10-26(34-35(8,9)23(2,3)4)19-25(26,22(30)33-7)17-12-11-15-24(20(28)31-5,21(29)32-6)16-13-14-18-27/h10-14H,1,15-19H2,2-9H3/b12-11+,14-13+. The zero-order valence-electron chi connectivity index (χ0n) is 22.4. The Bertz CT molecular complexity index is 842. The Labute approximate surface area is 219 Å². The summed E-state index contributed by atoms with van der Waals surface area (Å²) in [6.45, 7) is 14.7. The van der Waals surface area contributed by atoms with Gasteiger partial charge in [-0.2, -0.15) is 0 Å². The van der Waals surface area contributed by atoms with Crippen molar-refractivity contribution in [1.29, 1.82) is 0 Å². The summed E-state index contributed by atoms with van der Waals surface area (Å²) in [6, 6.07) is 0. The lowest BCUT2D eigenvalue weighted by Gasteiger charge is -2.40. The van der Waals surface area contributed by atoms with E-state index in [2.05, 4.69) is 56.4 Å². The third-order valence-electron chi connectivity index (χ3n) is 7.37. The van der Waals surface area contributed by atoms with Gasteiger partial charge in [-0.25, -0.2) is 0 Å². The van der Waals surface area contributed by atoms with E-state index in [1.807, 2.05) is 0 Å². The lowest BCUT2D eigenvalue weighted by molar-refractivity contribution is -0.168. The Morgan fingerprint density at radius 2 is 1.46 bits per heavy atom. The topological polar surface area (TPSA) is 88.1 Å². The van der Waals surface area contributed by atoms with Crippen molar-refractivity contribution in [2.45, 2.75) is 70.2 Å². The van der Waals surface area contributed by atoms with E-state index in [-0.39, 0.29) is 23.8 Å². The quantitative estimate of drug-likeness (QED) is 0.0718. The summed E-state index contributed by atoms with van der Waals surface area (Å²) >= 11 is 3.29. The number of hydrogen-bond donors (Lipinski definition) is 0. The van der Waals surface area contributed by atoms with E-state index in [0.717, 1.165) is 0 Å². The molecular formula is C26H41BrO7Si. The molecule has 0 N–H and O–H groups in total. The smallest absolute Gasteiger partial charge is 0.323 e. The van der Waals surface area contributed by atoms with Crippen LogP contribution in [0.3, 0.4) is 0 Å². The first-order valence-electron chi connectivity index (χ1n) is 11.6. The van der Waals surface area contributed by atoms with E-state index >= 15 is 0 Å². The molecule has 0 aliphatic heterocycles. The fourth-order valence-electron chi connectivity index (χ4n) is 4.03. The van der Waals surface area contributed by atoms with Crippen LogP contribution in [0.15, 0.2) is 37.0 Å². The molecule has 198 valence electrons. The largest absolute Gasteiger partial charge is 0.468 e. The fourth-order valence-corrected chi connectivity index (χ4v) is 5.86. The number of carbonyl (C=O) groups is 3. The van der Waals surface area contributed by atoms with E-state index in [1.54, 1.807) is 30.4 Å². The second-order valence-electron chi connectivity index (χ2n) is 10.5. The van der Waals surface area contributed by atoms with Gasteiger partial charge >= 0.3 is 17.9 Å². The minimum atomic E-state index is -2.22. The van der Waals surface area contributed by atoms with Gasteiger partial charge in [-0.05, 0) is 43.8 Å². The maximum Gasteiger partial charge on any atom is 0.323 e. The van der Waals surface area contributed by atoms with Crippen LogP contribution in [0.25, 0.3) is 0 Å². The van der Waals surface area contributed by atoms with Crippen LogP contribution in [0.4, 0.5) is 0 Å². The van der Waals surface area contributed by atoms with E-state index < -0.39 is 36.7 Å². The first-order chi connectivity index (χ1) is 16.2. The molecule has 35 heavy (non-hydrogen) atoms. The molecule has 0 amide bonds. The molecule has 0 aromatic rings. The van der Waals surface area contributed by atoms with Crippen LogP contribution in [0, 0.1) is 10.8 Å². The van der Waals surface area contributed by atoms with Crippen molar-refractivity contribution >= 4 is 42.2 Å². The number of alkyl halides is 1. The maximum absolute atomic E-state index is 13.0. The van der Waals surface area contributed by atoms with E-state index in [1.165, 1.54) is 21.3 Å². The Morgan fingerprint density at radius 1 is 0.943 bits per heavy atom. The number of halogens is 1. The monoisotopic (exact) mass is 572 g/mol. The summed E-state index contributed by atoms with van der Waals surface area (Å²) in [7, 11) is 1.63. The zero-order chi connectivity index (χ0) is 27.1. The van der Waals surface area contributed by atoms with Crippen molar-refractivity contribution in [2.24, 2.45) is 10.8 Å². The summed E-state index contributed by atoms with van der Waals surface area (Å²) in [5.41, 5.74) is -3.26. The lowest BCUT2D eigenvalue weighted by Crippen LogP contribution is -2.46. The summed E-state index contributed by atoms with van der Waals surface area (Å²) in [6.07, 6.45) is 9.73. The van der Waals surface area contributed by atoms with Gasteiger partial charge < -0.3 is 18.6 Å². The average Bonchev–Trinajstić information content (AvgIpc) is 3.45. The van der Waals surface area contributed by atoms with Gasteiger partial charge in [0.15, 0.2) is 13.7 Å². The fraction of sp³-hybridized carbons (Fsp3) is 0.654. The first-order valence-corrected chi connectivity index (χ1v) is 15.7. The zero-order valence-corrected chi connectivity index (χ0v) is 25.0. The highest BCUT2D eigenvalue weighted by molar-refractivity contribution is 9.09. The summed E-state index contributed by atoms with van der Waals surface area (Å²) in [5.74, 6) is -1.72. The SMILES string of the molecule is C=CC1(O[Si](C)(C)C(C)(C)C)CC1(C/C=C/CC(C/C=C/CBr)(C(=O)OC)C(=O)OC)C(=O)OC. The van der Waals surface area contributed by atoms with Crippen molar-refractivity contribution in [3.05, 3.63) is 37.0 Å². The van der Waals surface area contributed by atoms with E-state index in [0.29, 0.717) is 18.2 Å². The molecule has 0 radical (unpaired) electrons. The number of carbonyl (C=O) groups excluding carboxylic acids is 3. The van der Waals surface area contributed by atoms with Crippen LogP contribution in [-0.4, -0.2) is 58.5 Å². The Hall–Kier alpha value is -1.71. The molecule has 0 saturated heterocycles. The highest BCUT2D eigenvalue weighted by atomic mass is 79.9. The molecule has 9 heteroatoms. The van der Waals surface area contributed by atoms with Crippen LogP contribution in [0.5, 0.6) is 0 Å². The molecular weight excluding hydrogens is 532 g/mol. The highest BCUT2D eigenvalue weighted by Gasteiger charge is 2.73. The van der Waals surface area contributed by atoms with Crippen LogP contribution < -0.4 is 0 Å². The number of ether oxygens (including phenoxy) is 3. The molecule has 1 rings (SSSR count). The van der Waals surface area contributed by atoms with Gasteiger partial charge in [-0.1, -0.05) is 67.1 Å². The molecule has 0 spiro atoms.